The predicted octanol–water partition coefficient (Wildman–Crippen LogP) is 8.80. The Balaban J connectivity index is 1.41. The van der Waals surface area contributed by atoms with Crippen LogP contribution in [0.25, 0.3) is 22.6 Å². The van der Waals surface area contributed by atoms with Gasteiger partial charge in [0.05, 0.1) is 6.20 Å². The molecule has 0 N–H and O–H groups in total. The molecule has 1 aromatic heterocycles. The van der Waals surface area contributed by atoms with Crippen molar-refractivity contribution in [2.45, 2.75) is 90.9 Å². The molecule has 184 valence electrons. The molecule has 3 aromatic rings. The number of benzene rings is 2. The Morgan fingerprint density at radius 1 is 0.971 bits per heavy atom. The minimum absolute atomic E-state index is 0.292. The molecule has 0 saturated heterocycles. The van der Waals surface area contributed by atoms with E-state index in [1.165, 1.54) is 72.8 Å². The Morgan fingerprint density at radius 2 is 1.86 bits per heavy atom. The van der Waals surface area contributed by atoms with Gasteiger partial charge in [-0.15, -0.1) is 0 Å². The first-order chi connectivity index (χ1) is 17.0. The monoisotopic (exact) mass is 469 g/mol. The van der Waals surface area contributed by atoms with Crippen LogP contribution in [0.5, 0.6) is 0 Å². The van der Waals surface area contributed by atoms with Gasteiger partial charge in [-0.05, 0) is 83.4 Å². The Kier molecular flexibility index (Phi) is 7.22. The van der Waals surface area contributed by atoms with E-state index in [1.807, 2.05) is 0 Å². The van der Waals surface area contributed by atoms with Crippen LogP contribution in [0.15, 0.2) is 47.2 Å². The molecule has 0 aliphatic heterocycles. The highest BCUT2D eigenvalue weighted by molar-refractivity contribution is 6.03. The summed E-state index contributed by atoms with van der Waals surface area (Å²) in [5, 5.41) is 0. The second-order valence-electron chi connectivity index (χ2n) is 11.3. The number of hydrogen-bond donors (Lipinski definition) is 0. The fraction of sp³-hybridized carbons (Fsp3) is 0.500. The highest BCUT2D eigenvalue weighted by Crippen LogP contribution is 2.45. The second kappa shape index (κ2) is 10.5. The number of ketones is 1. The summed E-state index contributed by atoms with van der Waals surface area (Å²) in [5.41, 5.74) is 8.68. The van der Waals surface area contributed by atoms with Gasteiger partial charge >= 0.3 is 0 Å². The van der Waals surface area contributed by atoms with Crippen LogP contribution in [0, 0.1) is 11.8 Å². The SMILES string of the molecule is CC(C)CCC(C)CCCCC1CCc2ccc3c(c2-c2cc(-c4ncco4)ccc21)CCC3=O. The average molecular weight is 470 g/mol. The zero-order valence-corrected chi connectivity index (χ0v) is 21.6. The van der Waals surface area contributed by atoms with E-state index in [1.54, 1.807) is 12.5 Å². The summed E-state index contributed by atoms with van der Waals surface area (Å²) in [7, 11) is 0. The highest BCUT2D eigenvalue weighted by Gasteiger charge is 2.30. The number of aromatic nitrogens is 1. The van der Waals surface area contributed by atoms with Gasteiger partial charge in [0, 0.05) is 17.5 Å². The van der Waals surface area contributed by atoms with Crippen LogP contribution >= 0.6 is 0 Å². The van der Waals surface area contributed by atoms with Crippen LogP contribution in [0.3, 0.4) is 0 Å². The zero-order valence-electron chi connectivity index (χ0n) is 21.6. The van der Waals surface area contributed by atoms with E-state index in [4.69, 9.17) is 4.42 Å². The Bertz CT molecular complexity index is 1170. The van der Waals surface area contributed by atoms with E-state index < -0.39 is 0 Å². The van der Waals surface area contributed by atoms with Crippen molar-refractivity contribution in [2.75, 3.05) is 0 Å². The van der Waals surface area contributed by atoms with Gasteiger partial charge < -0.3 is 4.42 Å². The Hall–Kier alpha value is -2.68. The van der Waals surface area contributed by atoms with Gasteiger partial charge in [-0.25, -0.2) is 4.98 Å². The standard InChI is InChI=1S/C32H39NO2/c1-21(2)8-9-22(3)6-4-5-7-23-10-11-24-12-15-27-28(16-17-30(27)34)31(24)29-20-25(13-14-26(23)29)32-33-18-19-35-32/h12-15,18-23H,4-11,16-17H2,1-3H3. The lowest BCUT2D eigenvalue weighted by Crippen LogP contribution is -2.02. The number of carbonyl (C=O) groups is 1. The molecule has 0 radical (unpaired) electrons. The van der Waals surface area contributed by atoms with Crippen molar-refractivity contribution in [2.24, 2.45) is 11.8 Å². The number of fused-ring (bicyclic) bond motifs is 5. The average Bonchev–Trinajstić information content (AvgIpc) is 3.49. The lowest BCUT2D eigenvalue weighted by atomic mass is 9.84. The van der Waals surface area contributed by atoms with Crippen molar-refractivity contribution >= 4 is 5.78 Å². The molecule has 2 aliphatic carbocycles. The molecule has 2 aliphatic rings. The van der Waals surface area contributed by atoms with Crippen molar-refractivity contribution < 1.29 is 9.21 Å². The number of unbranched alkanes of at least 4 members (excludes halogenated alkanes) is 1. The molecule has 2 atom stereocenters. The maximum absolute atomic E-state index is 12.6. The van der Waals surface area contributed by atoms with Crippen LogP contribution in [-0.4, -0.2) is 10.8 Å². The zero-order chi connectivity index (χ0) is 24.4. The molecule has 3 nitrogen and oxygen atoms in total. The third-order valence-electron chi connectivity index (χ3n) is 8.24. The van der Waals surface area contributed by atoms with Gasteiger partial charge in [-0.1, -0.05) is 71.1 Å². The van der Waals surface area contributed by atoms with E-state index in [0.717, 1.165) is 35.8 Å². The third-order valence-corrected chi connectivity index (χ3v) is 8.24. The maximum atomic E-state index is 12.6. The second-order valence-corrected chi connectivity index (χ2v) is 11.3. The fourth-order valence-electron chi connectivity index (χ4n) is 6.19. The van der Waals surface area contributed by atoms with Crippen LogP contribution in [0.4, 0.5) is 0 Å². The number of hydrogen-bond acceptors (Lipinski definition) is 3. The molecule has 2 unspecified atom stereocenters. The molecule has 0 fully saturated rings. The Labute approximate surface area is 210 Å². The van der Waals surface area contributed by atoms with Gasteiger partial charge in [0.1, 0.15) is 6.26 Å². The smallest absolute Gasteiger partial charge is 0.225 e. The molecular weight excluding hydrogens is 430 g/mol. The lowest BCUT2D eigenvalue weighted by Gasteiger charge is -2.20. The summed E-state index contributed by atoms with van der Waals surface area (Å²) in [6.07, 6.45) is 15.0. The molecule has 5 rings (SSSR count). The quantitative estimate of drug-likeness (QED) is 0.294. The first kappa shape index (κ1) is 24.0. The fourth-order valence-corrected chi connectivity index (χ4v) is 6.19. The van der Waals surface area contributed by atoms with Gasteiger partial charge in [-0.3, -0.25) is 4.79 Å². The van der Waals surface area contributed by atoms with E-state index in [2.05, 4.69) is 56.1 Å². The number of Topliss-reactive ketones (excluding diaryl/α,β-unsaturated/α-hetero) is 1. The minimum atomic E-state index is 0.292. The number of carbonyl (C=O) groups excluding carboxylic acids is 1. The van der Waals surface area contributed by atoms with E-state index in [-0.39, 0.29) is 0 Å². The van der Waals surface area contributed by atoms with Crippen LogP contribution in [-0.2, 0) is 12.8 Å². The van der Waals surface area contributed by atoms with Crippen molar-refractivity contribution in [1.29, 1.82) is 0 Å². The Morgan fingerprint density at radius 3 is 2.66 bits per heavy atom. The summed E-state index contributed by atoms with van der Waals surface area (Å²) in [6, 6.07) is 11.1. The molecule has 3 heteroatoms. The van der Waals surface area contributed by atoms with Gasteiger partial charge in [0.15, 0.2) is 5.78 Å². The molecule has 1 heterocycles. The highest BCUT2D eigenvalue weighted by atomic mass is 16.3. The summed E-state index contributed by atoms with van der Waals surface area (Å²) >= 11 is 0. The number of rotatable bonds is 9. The third kappa shape index (κ3) is 5.15. The summed E-state index contributed by atoms with van der Waals surface area (Å²) in [4.78, 5) is 17.0. The maximum Gasteiger partial charge on any atom is 0.225 e. The molecule has 0 saturated carbocycles. The summed E-state index contributed by atoms with van der Waals surface area (Å²) < 4.78 is 5.64. The van der Waals surface area contributed by atoms with Crippen LogP contribution < -0.4 is 0 Å². The molecular formula is C32H39NO2. The summed E-state index contributed by atoms with van der Waals surface area (Å²) in [6.45, 7) is 7.08. The number of oxazole rings is 1. The normalized spacial score (nSPS) is 17.7. The van der Waals surface area contributed by atoms with Crippen LogP contribution in [0.2, 0.25) is 0 Å². The lowest BCUT2D eigenvalue weighted by molar-refractivity contribution is 0.0994. The molecule has 35 heavy (non-hydrogen) atoms. The summed E-state index contributed by atoms with van der Waals surface area (Å²) in [5.74, 6) is 3.13. The molecule has 0 amide bonds. The van der Waals surface area contributed by atoms with E-state index >= 15 is 0 Å². The van der Waals surface area contributed by atoms with Crippen molar-refractivity contribution in [1.82, 2.24) is 4.98 Å². The van der Waals surface area contributed by atoms with Crippen molar-refractivity contribution in [3.8, 4) is 22.6 Å². The largest absolute Gasteiger partial charge is 0.445 e. The topological polar surface area (TPSA) is 43.1 Å². The first-order valence-electron chi connectivity index (χ1n) is 13.7. The number of nitrogens with zero attached hydrogens (tertiary/aromatic N) is 1. The van der Waals surface area contributed by atoms with Crippen molar-refractivity contribution in [3.63, 3.8) is 0 Å². The molecule has 0 spiro atoms. The van der Waals surface area contributed by atoms with E-state index in [9.17, 15) is 4.79 Å². The van der Waals surface area contributed by atoms with Gasteiger partial charge in [-0.2, -0.15) is 0 Å². The van der Waals surface area contributed by atoms with Gasteiger partial charge in [0.2, 0.25) is 5.89 Å². The number of aryl methyl sites for hydroxylation is 1. The molecule has 2 aromatic carbocycles. The minimum Gasteiger partial charge on any atom is -0.445 e. The van der Waals surface area contributed by atoms with Gasteiger partial charge in [0.25, 0.3) is 0 Å². The van der Waals surface area contributed by atoms with E-state index in [0.29, 0.717) is 24.0 Å². The van der Waals surface area contributed by atoms with Crippen LogP contribution in [0.1, 0.15) is 105 Å². The first-order valence-corrected chi connectivity index (χ1v) is 13.7. The van der Waals surface area contributed by atoms with Crippen molar-refractivity contribution in [3.05, 3.63) is 65.0 Å². The molecule has 0 bridgehead atoms. The predicted molar refractivity (Wildman–Crippen MR) is 143 cm³/mol.